The van der Waals surface area contributed by atoms with Gasteiger partial charge in [-0.3, -0.25) is 4.98 Å². The van der Waals surface area contributed by atoms with Gasteiger partial charge in [-0.05, 0) is 30.9 Å². The van der Waals surface area contributed by atoms with Crippen LogP contribution in [-0.2, 0) is 10.0 Å². The van der Waals surface area contributed by atoms with Crippen molar-refractivity contribution in [2.45, 2.75) is 17.7 Å². The van der Waals surface area contributed by atoms with Crippen LogP contribution in [-0.4, -0.2) is 38.0 Å². The molecule has 9 heteroatoms. The second-order valence-electron chi connectivity index (χ2n) is 5.90. The molecule has 0 spiro atoms. The molecule has 0 atom stereocenters. The Morgan fingerprint density at radius 2 is 1.84 bits per heavy atom. The molecule has 1 saturated heterocycles. The third kappa shape index (κ3) is 4.10. The average molecular weight is 368 g/mol. The SMILES string of the molecule is O=S(=O)(NCC1CCN(c2cnccn2)CC1)c1c(F)cccc1F. The average Bonchev–Trinajstić information content (AvgIpc) is 2.61. The highest BCUT2D eigenvalue weighted by molar-refractivity contribution is 7.89. The van der Waals surface area contributed by atoms with Gasteiger partial charge in [0.2, 0.25) is 10.0 Å². The van der Waals surface area contributed by atoms with Crippen molar-refractivity contribution >= 4 is 15.8 Å². The van der Waals surface area contributed by atoms with Gasteiger partial charge in [-0.25, -0.2) is 26.9 Å². The second kappa shape index (κ2) is 7.40. The lowest BCUT2D eigenvalue weighted by Crippen LogP contribution is -2.39. The van der Waals surface area contributed by atoms with Gasteiger partial charge >= 0.3 is 0 Å². The first-order valence-electron chi connectivity index (χ1n) is 7.92. The van der Waals surface area contributed by atoms with Gasteiger partial charge in [0.1, 0.15) is 17.5 Å². The lowest BCUT2D eigenvalue weighted by molar-refractivity contribution is 0.399. The van der Waals surface area contributed by atoms with E-state index in [9.17, 15) is 17.2 Å². The number of benzene rings is 1. The fourth-order valence-corrected chi connectivity index (χ4v) is 4.11. The molecule has 1 aliphatic rings. The van der Waals surface area contributed by atoms with Crippen molar-refractivity contribution in [3.05, 3.63) is 48.4 Å². The van der Waals surface area contributed by atoms with E-state index in [0.717, 1.165) is 49.9 Å². The number of rotatable bonds is 5. The molecule has 134 valence electrons. The van der Waals surface area contributed by atoms with Gasteiger partial charge in [-0.1, -0.05) is 6.07 Å². The summed E-state index contributed by atoms with van der Waals surface area (Å²) in [5.74, 6) is -1.30. The third-order valence-corrected chi connectivity index (χ3v) is 5.71. The number of piperidine rings is 1. The van der Waals surface area contributed by atoms with E-state index in [0.29, 0.717) is 0 Å². The molecule has 0 radical (unpaired) electrons. The zero-order valence-corrected chi connectivity index (χ0v) is 14.2. The number of hydrogen-bond acceptors (Lipinski definition) is 5. The van der Waals surface area contributed by atoms with Crippen LogP contribution in [0.25, 0.3) is 0 Å². The molecule has 0 bridgehead atoms. The van der Waals surface area contributed by atoms with Crippen LogP contribution in [0.3, 0.4) is 0 Å². The first-order chi connectivity index (χ1) is 12.0. The Hall–Kier alpha value is -2.13. The molecule has 2 heterocycles. The predicted octanol–water partition coefficient (Wildman–Crippen LogP) is 1.95. The minimum Gasteiger partial charge on any atom is -0.355 e. The highest BCUT2D eigenvalue weighted by Gasteiger charge is 2.26. The van der Waals surface area contributed by atoms with Crippen LogP contribution in [0, 0.1) is 17.6 Å². The van der Waals surface area contributed by atoms with E-state index in [2.05, 4.69) is 19.6 Å². The van der Waals surface area contributed by atoms with E-state index in [4.69, 9.17) is 0 Å². The summed E-state index contributed by atoms with van der Waals surface area (Å²) in [5, 5.41) is 0. The maximum absolute atomic E-state index is 13.7. The minimum absolute atomic E-state index is 0.0949. The van der Waals surface area contributed by atoms with Crippen LogP contribution < -0.4 is 9.62 Å². The summed E-state index contributed by atoms with van der Waals surface area (Å²) in [7, 11) is -4.22. The topological polar surface area (TPSA) is 75.2 Å². The van der Waals surface area contributed by atoms with E-state index < -0.39 is 26.6 Å². The Bertz CT molecular complexity index is 805. The van der Waals surface area contributed by atoms with E-state index >= 15 is 0 Å². The maximum atomic E-state index is 13.7. The smallest absolute Gasteiger partial charge is 0.246 e. The number of nitrogens with one attached hydrogen (secondary N) is 1. The predicted molar refractivity (Wildman–Crippen MR) is 88.5 cm³/mol. The second-order valence-corrected chi connectivity index (χ2v) is 7.60. The summed E-state index contributed by atoms with van der Waals surface area (Å²) in [6.07, 6.45) is 6.41. The molecule has 25 heavy (non-hydrogen) atoms. The van der Waals surface area contributed by atoms with Gasteiger partial charge in [0.25, 0.3) is 0 Å². The molecule has 0 aliphatic carbocycles. The maximum Gasteiger partial charge on any atom is 0.246 e. The first kappa shape index (κ1) is 17.7. The first-order valence-corrected chi connectivity index (χ1v) is 9.40. The number of anilines is 1. The summed E-state index contributed by atoms with van der Waals surface area (Å²) >= 11 is 0. The van der Waals surface area contributed by atoms with Crippen LogP contribution >= 0.6 is 0 Å². The molecule has 1 aromatic carbocycles. The largest absolute Gasteiger partial charge is 0.355 e. The molecule has 6 nitrogen and oxygen atoms in total. The van der Waals surface area contributed by atoms with Crippen LogP contribution in [0.1, 0.15) is 12.8 Å². The molecule has 1 aromatic heterocycles. The third-order valence-electron chi connectivity index (χ3n) is 4.24. The quantitative estimate of drug-likeness (QED) is 0.873. The standard InChI is InChI=1S/C16H18F2N4O2S/c17-13-2-1-3-14(18)16(13)25(23,24)21-10-12-4-8-22(9-5-12)15-11-19-6-7-20-15/h1-3,6-7,11-12,21H,4-5,8-10H2. The molecule has 2 aromatic rings. The van der Waals surface area contributed by atoms with Gasteiger partial charge in [-0.2, -0.15) is 0 Å². The van der Waals surface area contributed by atoms with E-state index in [1.807, 2.05) is 0 Å². The number of halogens is 2. The molecule has 3 rings (SSSR count). The Kier molecular flexibility index (Phi) is 5.24. The zero-order valence-electron chi connectivity index (χ0n) is 13.4. The van der Waals surface area contributed by atoms with Crippen LogP contribution in [0.15, 0.2) is 41.7 Å². The van der Waals surface area contributed by atoms with Gasteiger partial charge in [-0.15, -0.1) is 0 Å². The Morgan fingerprint density at radius 1 is 1.16 bits per heavy atom. The van der Waals surface area contributed by atoms with Crippen molar-refractivity contribution in [3.63, 3.8) is 0 Å². The number of aromatic nitrogens is 2. The van der Waals surface area contributed by atoms with Gasteiger partial charge < -0.3 is 4.90 Å². The Morgan fingerprint density at radius 3 is 2.44 bits per heavy atom. The fraction of sp³-hybridized carbons (Fsp3) is 0.375. The Balaban J connectivity index is 1.58. The molecule has 0 unspecified atom stereocenters. The van der Waals surface area contributed by atoms with Crippen molar-refractivity contribution in [3.8, 4) is 0 Å². The number of hydrogen-bond donors (Lipinski definition) is 1. The van der Waals surface area contributed by atoms with Gasteiger partial charge in [0.15, 0.2) is 4.90 Å². The van der Waals surface area contributed by atoms with E-state index in [1.165, 1.54) is 0 Å². The lowest BCUT2D eigenvalue weighted by atomic mass is 9.97. The number of nitrogens with zero attached hydrogens (tertiary/aromatic N) is 3. The van der Waals surface area contributed by atoms with Crippen molar-refractivity contribution in [1.29, 1.82) is 0 Å². The molecule has 0 amide bonds. The molecular formula is C16H18F2N4O2S. The molecule has 1 N–H and O–H groups in total. The van der Waals surface area contributed by atoms with E-state index in [1.54, 1.807) is 18.6 Å². The monoisotopic (exact) mass is 368 g/mol. The van der Waals surface area contributed by atoms with Crippen molar-refractivity contribution in [1.82, 2.24) is 14.7 Å². The minimum atomic E-state index is -4.22. The van der Waals surface area contributed by atoms with Crippen LogP contribution in [0.5, 0.6) is 0 Å². The molecule has 1 aliphatic heterocycles. The highest BCUT2D eigenvalue weighted by Crippen LogP contribution is 2.22. The lowest BCUT2D eigenvalue weighted by Gasteiger charge is -2.32. The summed E-state index contributed by atoms with van der Waals surface area (Å²) in [5.41, 5.74) is 0. The highest BCUT2D eigenvalue weighted by atomic mass is 32.2. The summed E-state index contributed by atoms with van der Waals surface area (Å²) < 4.78 is 54.0. The summed E-state index contributed by atoms with van der Waals surface area (Å²) in [6, 6.07) is 2.99. The Labute approximate surface area is 145 Å². The van der Waals surface area contributed by atoms with Crippen molar-refractivity contribution in [2.75, 3.05) is 24.5 Å². The van der Waals surface area contributed by atoms with Crippen molar-refractivity contribution in [2.24, 2.45) is 5.92 Å². The van der Waals surface area contributed by atoms with E-state index in [-0.39, 0.29) is 12.5 Å². The van der Waals surface area contributed by atoms with Crippen molar-refractivity contribution < 1.29 is 17.2 Å². The normalized spacial score (nSPS) is 16.2. The molecular weight excluding hydrogens is 350 g/mol. The fourth-order valence-electron chi connectivity index (χ4n) is 2.86. The zero-order chi connectivity index (χ0) is 17.9. The van der Waals surface area contributed by atoms with Gasteiger partial charge in [0, 0.05) is 32.0 Å². The van der Waals surface area contributed by atoms with Crippen LogP contribution in [0.2, 0.25) is 0 Å². The van der Waals surface area contributed by atoms with Crippen LogP contribution in [0.4, 0.5) is 14.6 Å². The number of sulfonamides is 1. The summed E-state index contributed by atoms with van der Waals surface area (Å²) in [4.78, 5) is 9.42. The van der Waals surface area contributed by atoms with Gasteiger partial charge in [0.05, 0.1) is 6.20 Å². The summed E-state index contributed by atoms with van der Waals surface area (Å²) in [6.45, 7) is 1.59. The molecule has 1 fully saturated rings. The molecule has 0 saturated carbocycles.